The van der Waals surface area contributed by atoms with Crippen LogP contribution in [0.25, 0.3) is 11.1 Å². The summed E-state index contributed by atoms with van der Waals surface area (Å²) in [5, 5.41) is 12.2. The van der Waals surface area contributed by atoms with Crippen LogP contribution in [-0.4, -0.2) is 52.7 Å². The quantitative estimate of drug-likeness (QED) is 0.536. The summed E-state index contributed by atoms with van der Waals surface area (Å²) in [6.45, 7) is 2.78. The number of carbonyl (C=O) groups is 3. The molecule has 1 fully saturated rings. The number of fused-ring (bicyclic) bond motifs is 3. The summed E-state index contributed by atoms with van der Waals surface area (Å²) in [6, 6.07) is 16.2. The number of likely N-dealkylation sites (tertiary alicyclic amines) is 1. The van der Waals surface area contributed by atoms with Crippen LogP contribution in [0.15, 0.2) is 54.7 Å². The first-order chi connectivity index (χ1) is 16.9. The SMILES string of the molecule is CC1CC(C(=O)O)CN(C(=O)c2cnc(NC(=O)OCC3c4ccccc4-c4ccccc43)s2)C1. The van der Waals surface area contributed by atoms with E-state index in [0.29, 0.717) is 17.8 Å². The predicted molar refractivity (Wildman–Crippen MR) is 132 cm³/mol. The van der Waals surface area contributed by atoms with Crippen molar-refractivity contribution in [1.29, 1.82) is 0 Å². The van der Waals surface area contributed by atoms with E-state index in [0.717, 1.165) is 33.6 Å². The summed E-state index contributed by atoms with van der Waals surface area (Å²) in [5.74, 6) is -1.70. The van der Waals surface area contributed by atoms with Crippen LogP contribution in [0.2, 0.25) is 0 Å². The molecule has 1 aliphatic heterocycles. The fraction of sp³-hybridized carbons (Fsp3) is 0.308. The number of amides is 2. The smallest absolute Gasteiger partial charge is 0.413 e. The fourth-order valence-electron chi connectivity index (χ4n) is 5.00. The van der Waals surface area contributed by atoms with E-state index >= 15 is 0 Å². The van der Waals surface area contributed by atoms with Crippen LogP contribution in [0.3, 0.4) is 0 Å². The molecule has 2 amide bonds. The maximum atomic E-state index is 12.9. The van der Waals surface area contributed by atoms with Crippen molar-refractivity contribution in [2.75, 3.05) is 25.0 Å². The average molecular weight is 492 g/mol. The van der Waals surface area contributed by atoms with Gasteiger partial charge in [-0.25, -0.2) is 9.78 Å². The van der Waals surface area contributed by atoms with Gasteiger partial charge in [0.2, 0.25) is 0 Å². The largest absolute Gasteiger partial charge is 0.481 e. The third kappa shape index (κ3) is 4.64. The van der Waals surface area contributed by atoms with Gasteiger partial charge in [-0.15, -0.1) is 0 Å². The number of piperidine rings is 1. The molecule has 8 nitrogen and oxygen atoms in total. The Morgan fingerprint density at radius 2 is 1.74 bits per heavy atom. The highest BCUT2D eigenvalue weighted by Crippen LogP contribution is 2.44. The molecule has 5 rings (SSSR count). The second-order valence-electron chi connectivity index (χ2n) is 9.07. The number of aromatic nitrogens is 1. The molecule has 2 unspecified atom stereocenters. The Balaban J connectivity index is 1.21. The zero-order valence-electron chi connectivity index (χ0n) is 19.1. The van der Waals surface area contributed by atoms with E-state index in [1.165, 1.54) is 6.20 Å². The van der Waals surface area contributed by atoms with Crippen LogP contribution < -0.4 is 5.32 Å². The first-order valence-electron chi connectivity index (χ1n) is 11.5. The van der Waals surface area contributed by atoms with Gasteiger partial charge >= 0.3 is 12.1 Å². The lowest BCUT2D eigenvalue weighted by atomic mass is 9.90. The van der Waals surface area contributed by atoms with Crippen molar-refractivity contribution >= 4 is 34.4 Å². The molecule has 3 aromatic rings. The molecule has 0 bridgehead atoms. The summed E-state index contributed by atoms with van der Waals surface area (Å²) < 4.78 is 5.54. The van der Waals surface area contributed by atoms with Gasteiger partial charge in [0, 0.05) is 19.0 Å². The third-order valence-electron chi connectivity index (χ3n) is 6.57. The summed E-state index contributed by atoms with van der Waals surface area (Å²) >= 11 is 1.05. The molecule has 0 spiro atoms. The Morgan fingerprint density at radius 3 is 2.40 bits per heavy atom. The molecular formula is C26H25N3O5S. The van der Waals surface area contributed by atoms with Crippen LogP contribution in [0, 0.1) is 11.8 Å². The van der Waals surface area contributed by atoms with Gasteiger partial charge in [0.1, 0.15) is 11.5 Å². The molecule has 1 aromatic heterocycles. The lowest BCUT2D eigenvalue weighted by Crippen LogP contribution is -2.45. The minimum absolute atomic E-state index is 0.0511. The molecule has 180 valence electrons. The number of nitrogens with one attached hydrogen (secondary N) is 1. The maximum Gasteiger partial charge on any atom is 0.413 e. The Labute approximate surface area is 206 Å². The Kier molecular flexibility index (Phi) is 6.25. The van der Waals surface area contributed by atoms with E-state index < -0.39 is 18.0 Å². The number of anilines is 1. The number of aliphatic carboxylic acids is 1. The van der Waals surface area contributed by atoms with Gasteiger partial charge in [-0.05, 0) is 34.6 Å². The van der Waals surface area contributed by atoms with E-state index in [1.54, 1.807) is 4.90 Å². The first kappa shape index (κ1) is 23.0. The van der Waals surface area contributed by atoms with Gasteiger partial charge in [0.05, 0.1) is 12.1 Å². The van der Waals surface area contributed by atoms with E-state index in [1.807, 2.05) is 31.2 Å². The topological polar surface area (TPSA) is 109 Å². The summed E-state index contributed by atoms with van der Waals surface area (Å²) in [6.07, 6.45) is 1.31. The highest BCUT2D eigenvalue weighted by atomic mass is 32.1. The third-order valence-corrected chi connectivity index (χ3v) is 7.47. The molecule has 1 aliphatic carbocycles. The van der Waals surface area contributed by atoms with E-state index in [-0.39, 0.29) is 36.0 Å². The molecule has 2 aromatic carbocycles. The zero-order chi connectivity index (χ0) is 24.5. The number of carbonyl (C=O) groups excluding carboxylic acids is 2. The van der Waals surface area contributed by atoms with E-state index in [4.69, 9.17) is 4.74 Å². The van der Waals surface area contributed by atoms with E-state index in [2.05, 4.69) is 34.6 Å². The number of hydrogen-bond donors (Lipinski definition) is 2. The average Bonchev–Trinajstić information content (AvgIpc) is 3.44. The van der Waals surface area contributed by atoms with E-state index in [9.17, 15) is 19.5 Å². The predicted octanol–water partition coefficient (Wildman–Crippen LogP) is 4.69. The van der Waals surface area contributed by atoms with Gasteiger partial charge in [-0.1, -0.05) is 66.8 Å². The maximum absolute atomic E-state index is 12.9. The Morgan fingerprint density at radius 1 is 1.09 bits per heavy atom. The van der Waals surface area contributed by atoms with Gasteiger partial charge in [0.25, 0.3) is 5.91 Å². The fourth-order valence-corrected chi connectivity index (χ4v) is 5.77. The summed E-state index contributed by atoms with van der Waals surface area (Å²) in [7, 11) is 0. The lowest BCUT2D eigenvalue weighted by Gasteiger charge is -2.34. The van der Waals surface area contributed by atoms with Crippen molar-refractivity contribution in [3.8, 4) is 11.1 Å². The molecular weight excluding hydrogens is 466 g/mol. The monoisotopic (exact) mass is 491 g/mol. The Bertz CT molecular complexity index is 1240. The van der Waals surface area contributed by atoms with Crippen molar-refractivity contribution in [2.24, 2.45) is 11.8 Å². The molecule has 0 saturated carbocycles. The van der Waals surface area contributed by atoms with Crippen LogP contribution in [0.1, 0.15) is 40.1 Å². The highest BCUT2D eigenvalue weighted by molar-refractivity contribution is 7.17. The van der Waals surface area contributed by atoms with Crippen molar-refractivity contribution < 1.29 is 24.2 Å². The van der Waals surface area contributed by atoms with Gasteiger partial charge in [0.15, 0.2) is 5.13 Å². The number of nitrogens with zero attached hydrogens (tertiary/aromatic N) is 2. The van der Waals surface area contributed by atoms with Gasteiger partial charge in [-0.2, -0.15) is 0 Å². The number of carboxylic acids is 1. The number of hydrogen-bond acceptors (Lipinski definition) is 6. The number of thiazole rings is 1. The first-order valence-corrected chi connectivity index (χ1v) is 12.3. The number of benzene rings is 2. The molecule has 2 heterocycles. The van der Waals surface area contributed by atoms with Crippen LogP contribution in [0.4, 0.5) is 9.93 Å². The molecule has 0 radical (unpaired) electrons. The minimum atomic E-state index is -0.892. The molecule has 2 atom stereocenters. The van der Waals surface area contributed by atoms with Crippen LogP contribution >= 0.6 is 11.3 Å². The van der Waals surface area contributed by atoms with Crippen LogP contribution in [0.5, 0.6) is 0 Å². The number of ether oxygens (including phenoxy) is 1. The van der Waals surface area contributed by atoms with Crippen LogP contribution in [-0.2, 0) is 9.53 Å². The van der Waals surface area contributed by atoms with Crippen molar-refractivity contribution in [3.63, 3.8) is 0 Å². The molecule has 1 saturated heterocycles. The van der Waals surface area contributed by atoms with Crippen molar-refractivity contribution in [2.45, 2.75) is 19.3 Å². The second-order valence-corrected chi connectivity index (χ2v) is 10.1. The zero-order valence-corrected chi connectivity index (χ0v) is 20.0. The second kappa shape index (κ2) is 9.50. The standard InChI is InChI=1S/C26H25N3O5S/c1-15-10-16(24(31)32)13-29(12-15)23(30)22-11-27-25(35-22)28-26(33)34-14-21-19-8-4-2-6-17(19)18-7-3-5-9-20(18)21/h2-9,11,15-16,21H,10,12-14H2,1H3,(H,31,32)(H,27,28,33). The van der Waals surface area contributed by atoms with Crippen molar-refractivity contribution in [3.05, 3.63) is 70.7 Å². The molecule has 35 heavy (non-hydrogen) atoms. The molecule has 2 N–H and O–H groups in total. The minimum Gasteiger partial charge on any atom is -0.481 e. The van der Waals surface area contributed by atoms with Crippen molar-refractivity contribution in [1.82, 2.24) is 9.88 Å². The highest BCUT2D eigenvalue weighted by Gasteiger charge is 2.33. The summed E-state index contributed by atoms with van der Waals surface area (Å²) in [5.41, 5.74) is 4.55. The number of carboxylic acid groups (broad SMARTS) is 1. The normalized spacial score (nSPS) is 19.1. The molecule has 9 heteroatoms. The summed E-state index contributed by atoms with van der Waals surface area (Å²) in [4.78, 5) is 42.9. The molecule has 2 aliphatic rings. The lowest BCUT2D eigenvalue weighted by molar-refractivity contribution is -0.143. The van der Waals surface area contributed by atoms with Gasteiger partial charge < -0.3 is 14.7 Å². The van der Waals surface area contributed by atoms with Gasteiger partial charge in [-0.3, -0.25) is 14.9 Å². The Hall–Kier alpha value is -3.72. The number of rotatable bonds is 5.